The van der Waals surface area contributed by atoms with Crippen LogP contribution in [0.5, 0.6) is 5.75 Å². The second-order valence-electron chi connectivity index (χ2n) is 4.51. The molecule has 0 heterocycles. The molecule has 1 rings (SSSR count). The molecule has 1 aromatic rings. The minimum Gasteiger partial charge on any atom is -0.406 e. The monoisotopic (exact) mass is 275 g/mol. The maximum atomic E-state index is 12.0. The molecule has 0 N–H and O–H groups in total. The van der Waals surface area contributed by atoms with Gasteiger partial charge >= 0.3 is 6.36 Å². The first-order chi connectivity index (χ1) is 8.69. The molecule has 1 aromatic carbocycles. The molecule has 0 aliphatic rings. The highest BCUT2D eigenvalue weighted by atomic mass is 19.4. The molecule has 0 saturated carbocycles. The minimum absolute atomic E-state index is 0.0249. The van der Waals surface area contributed by atoms with Crippen LogP contribution < -0.4 is 4.74 Å². The van der Waals surface area contributed by atoms with Crippen molar-refractivity contribution in [1.82, 2.24) is 4.90 Å². The van der Waals surface area contributed by atoms with Crippen LogP contribution in [0, 0.1) is 0 Å². The highest BCUT2D eigenvalue weighted by molar-refractivity contribution is 5.76. The zero-order chi connectivity index (χ0) is 14.6. The van der Waals surface area contributed by atoms with E-state index >= 15 is 0 Å². The maximum absolute atomic E-state index is 12.0. The molecule has 3 nitrogen and oxygen atoms in total. The van der Waals surface area contributed by atoms with E-state index in [1.54, 1.807) is 14.1 Å². The molecule has 0 bridgehead atoms. The number of nitrogens with zero attached hydrogens (tertiary/aromatic N) is 1. The molecule has 106 valence electrons. The summed E-state index contributed by atoms with van der Waals surface area (Å²) in [6.07, 6.45) is -4.37. The van der Waals surface area contributed by atoms with Gasteiger partial charge in [-0.25, -0.2) is 0 Å². The van der Waals surface area contributed by atoms with Gasteiger partial charge in [0.2, 0.25) is 5.91 Å². The molecule has 19 heavy (non-hydrogen) atoms. The van der Waals surface area contributed by atoms with Gasteiger partial charge in [-0.3, -0.25) is 4.79 Å². The fourth-order valence-corrected chi connectivity index (χ4v) is 1.56. The Labute approximate surface area is 110 Å². The first-order valence-electron chi connectivity index (χ1n) is 5.75. The Morgan fingerprint density at radius 2 is 1.79 bits per heavy atom. The van der Waals surface area contributed by atoms with Gasteiger partial charge in [0.1, 0.15) is 5.75 Å². The lowest BCUT2D eigenvalue weighted by Gasteiger charge is -2.16. The summed E-state index contributed by atoms with van der Waals surface area (Å²) in [6, 6.07) is 5.57. The number of alkyl halides is 3. The summed E-state index contributed by atoms with van der Waals surface area (Å²) >= 11 is 0. The normalized spacial score (nSPS) is 12.9. The Morgan fingerprint density at radius 3 is 2.21 bits per heavy atom. The quantitative estimate of drug-likeness (QED) is 0.844. The second-order valence-corrected chi connectivity index (χ2v) is 4.51. The first-order valence-corrected chi connectivity index (χ1v) is 5.75. The van der Waals surface area contributed by atoms with Crippen LogP contribution in [0.4, 0.5) is 13.2 Å². The molecule has 0 aliphatic carbocycles. The fraction of sp³-hybridized carbons (Fsp3) is 0.462. The van der Waals surface area contributed by atoms with Crippen LogP contribution in [0.2, 0.25) is 0 Å². The number of amides is 1. The molecular formula is C13H16F3NO2. The fourth-order valence-electron chi connectivity index (χ4n) is 1.56. The molecule has 1 unspecified atom stereocenters. The molecule has 0 radical (unpaired) electrons. The largest absolute Gasteiger partial charge is 0.573 e. The van der Waals surface area contributed by atoms with Crippen LogP contribution in [0.25, 0.3) is 0 Å². The van der Waals surface area contributed by atoms with Gasteiger partial charge < -0.3 is 9.64 Å². The number of hydrogen-bond acceptors (Lipinski definition) is 2. The molecule has 0 aromatic heterocycles. The molecule has 6 heteroatoms. The van der Waals surface area contributed by atoms with Crippen molar-refractivity contribution >= 4 is 5.91 Å². The smallest absolute Gasteiger partial charge is 0.406 e. The molecule has 0 fully saturated rings. The molecular weight excluding hydrogens is 259 g/mol. The highest BCUT2D eigenvalue weighted by Crippen LogP contribution is 2.26. The Bertz CT molecular complexity index is 427. The van der Waals surface area contributed by atoms with Gasteiger partial charge in [-0.15, -0.1) is 13.2 Å². The number of halogens is 3. The highest BCUT2D eigenvalue weighted by Gasteiger charge is 2.31. The number of carbonyl (C=O) groups is 1. The van der Waals surface area contributed by atoms with Gasteiger partial charge in [0.15, 0.2) is 0 Å². The van der Waals surface area contributed by atoms with Crippen LogP contribution in [0.1, 0.15) is 24.8 Å². The van der Waals surface area contributed by atoms with E-state index in [0.717, 1.165) is 5.56 Å². The summed E-state index contributed by atoms with van der Waals surface area (Å²) in [7, 11) is 3.32. The predicted octanol–water partition coefficient (Wildman–Crippen LogP) is 3.17. The lowest BCUT2D eigenvalue weighted by Crippen LogP contribution is -2.23. The summed E-state index contributed by atoms with van der Waals surface area (Å²) in [5.41, 5.74) is 0.796. The van der Waals surface area contributed by atoms with Crippen LogP contribution >= 0.6 is 0 Å². The maximum Gasteiger partial charge on any atom is 0.573 e. The average molecular weight is 275 g/mol. The molecule has 1 atom stereocenters. The standard InChI is InChI=1S/C13H16F3NO2/c1-9(8-12(18)17(2)3)10-4-6-11(7-5-10)19-13(14,15)16/h4-7,9H,8H2,1-3H3. The van der Waals surface area contributed by atoms with Gasteiger partial charge in [0.25, 0.3) is 0 Å². The van der Waals surface area contributed by atoms with Crippen LogP contribution in [0.3, 0.4) is 0 Å². The number of carbonyl (C=O) groups excluding carboxylic acids is 1. The predicted molar refractivity (Wildman–Crippen MR) is 64.9 cm³/mol. The van der Waals surface area contributed by atoms with Crippen molar-refractivity contribution in [2.45, 2.75) is 25.6 Å². The van der Waals surface area contributed by atoms with E-state index in [-0.39, 0.29) is 17.6 Å². The van der Waals surface area contributed by atoms with E-state index in [1.165, 1.54) is 29.2 Å². The SMILES string of the molecule is CC(CC(=O)N(C)C)c1ccc(OC(F)(F)F)cc1. The van der Waals surface area contributed by atoms with E-state index in [4.69, 9.17) is 0 Å². The van der Waals surface area contributed by atoms with Gasteiger partial charge in [-0.1, -0.05) is 19.1 Å². The Morgan fingerprint density at radius 1 is 1.26 bits per heavy atom. The van der Waals surface area contributed by atoms with Crippen molar-refractivity contribution in [3.05, 3.63) is 29.8 Å². The van der Waals surface area contributed by atoms with Crippen molar-refractivity contribution < 1.29 is 22.7 Å². The Kier molecular flexibility index (Phi) is 4.80. The van der Waals surface area contributed by atoms with Gasteiger partial charge in [0.05, 0.1) is 0 Å². The van der Waals surface area contributed by atoms with Crippen molar-refractivity contribution in [1.29, 1.82) is 0 Å². The van der Waals surface area contributed by atoms with Crippen molar-refractivity contribution in [2.24, 2.45) is 0 Å². The number of ether oxygens (including phenoxy) is 1. The molecule has 0 saturated heterocycles. The second kappa shape index (κ2) is 5.95. The molecule has 0 aliphatic heterocycles. The van der Waals surface area contributed by atoms with E-state index in [2.05, 4.69) is 4.74 Å². The summed E-state index contributed by atoms with van der Waals surface area (Å²) in [6.45, 7) is 1.85. The topological polar surface area (TPSA) is 29.5 Å². The van der Waals surface area contributed by atoms with Crippen LogP contribution in [0.15, 0.2) is 24.3 Å². The van der Waals surface area contributed by atoms with Gasteiger partial charge in [-0.05, 0) is 23.6 Å². The van der Waals surface area contributed by atoms with Crippen molar-refractivity contribution in [3.8, 4) is 5.75 Å². The zero-order valence-corrected chi connectivity index (χ0v) is 11.0. The third-order valence-corrected chi connectivity index (χ3v) is 2.66. The van der Waals surface area contributed by atoms with E-state index in [0.29, 0.717) is 6.42 Å². The number of rotatable bonds is 4. The Balaban J connectivity index is 2.68. The van der Waals surface area contributed by atoms with Gasteiger partial charge in [0, 0.05) is 20.5 Å². The Hall–Kier alpha value is -1.72. The molecule has 1 amide bonds. The van der Waals surface area contributed by atoms with Crippen LogP contribution in [-0.2, 0) is 4.79 Å². The average Bonchev–Trinajstić information content (AvgIpc) is 2.27. The van der Waals surface area contributed by atoms with E-state index < -0.39 is 6.36 Å². The van der Waals surface area contributed by atoms with Crippen LogP contribution in [-0.4, -0.2) is 31.3 Å². The minimum atomic E-state index is -4.69. The number of benzene rings is 1. The van der Waals surface area contributed by atoms with E-state index in [9.17, 15) is 18.0 Å². The van der Waals surface area contributed by atoms with E-state index in [1.807, 2.05) is 6.92 Å². The summed E-state index contributed by atoms with van der Waals surface area (Å²) in [5.74, 6) is -0.347. The first kappa shape index (κ1) is 15.3. The lowest BCUT2D eigenvalue weighted by atomic mass is 9.97. The lowest BCUT2D eigenvalue weighted by molar-refractivity contribution is -0.274. The third kappa shape index (κ3) is 5.19. The zero-order valence-electron chi connectivity index (χ0n) is 11.0. The molecule has 0 spiro atoms. The van der Waals surface area contributed by atoms with Crippen molar-refractivity contribution in [2.75, 3.05) is 14.1 Å². The van der Waals surface area contributed by atoms with Gasteiger partial charge in [-0.2, -0.15) is 0 Å². The summed E-state index contributed by atoms with van der Waals surface area (Å²) in [4.78, 5) is 13.0. The van der Waals surface area contributed by atoms with Crippen molar-refractivity contribution in [3.63, 3.8) is 0 Å². The number of hydrogen-bond donors (Lipinski definition) is 0. The third-order valence-electron chi connectivity index (χ3n) is 2.66. The summed E-state index contributed by atoms with van der Waals surface area (Å²) < 4.78 is 39.7. The summed E-state index contributed by atoms with van der Waals surface area (Å²) in [5, 5.41) is 0.